The molecule has 0 spiro atoms. The molecule has 0 aliphatic rings. The Morgan fingerprint density at radius 3 is 2.17 bits per heavy atom. The molecule has 1 N–H and O–H groups in total. The first kappa shape index (κ1) is 16.6. The number of nitrogens with one attached hydrogen (secondary N) is 1. The van der Waals surface area contributed by atoms with Gasteiger partial charge < -0.3 is 5.41 Å². The van der Waals surface area contributed by atoms with Crippen molar-refractivity contribution in [3.63, 3.8) is 0 Å². The summed E-state index contributed by atoms with van der Waals surface area (Å²) >= 11 is 0. The van der Waals surface area contributed by atoms with Crippen molar-refractivity contribution in [2.45, 2.75) is 54.4 Å². The highest BCUT2D eigenvalue weighted by molar-refractivity contribution is 5.96. The van der Waals surface area contributed by atoms with Gasteiger partial charge >= 0.3 is 0 Å². The maximum atomic E-state index is 8.00. The van der Waals surface area contributed by atoms with Gasteiger partial charge in [0.25, 0.3) is 0 Å². The minimum atomic E-state index is 0.160. The molecule has 1 aromatic rings. The lowest BCUT2D eigenvalue weighted by atomic mass is 10.1. The average Bonchev–Trinajstić information content (AvgIpc) is 2.75. The molecule has 0 saturated carbocycles. The molecule has 0 bridgehead atoms. The maximum absolute atomic E-state index is 8.00. The normalized spacial score (nSPS) is 10.9. The highest BCUT2D eigenvalue weighted by atomic mass is 15.3. The number of rotatable bonds is 4. The lowest BCUT2D eigenvalue weighted by Crippen LogP contribution is -2.13. The van der Waals surface area contributed by atoms with Gasteiger partial charge in [-0.15, -0.1) is 0 Å². The van der Waals surface area contributed by atoms with Crippen LogP contribution in [-0.2, 0) is 0 Å². The summed E-state index contributed by atoms with van der Waals surface area (Å²) in [6, 6.07) is 0. The molecule has 0 amide bonds. The Kier molecular flexibility index (Phi) is 7.17. The SMILES string of the molecule is C/C=C\n1nc(C(C)C)nc1C(=N)C(C)C.CC. The Morgan fingerprint density at radius 1 is 1.22 bits per heavy atom. The van der Waals surface area contributed by atoms with E-state index in [1.165, 1.54) is 0 Å². The third-order valence-corrected chi connectivity index (χ3v) is 2.27. The molecule has 102 valence electrons. The molecule has 0 aliphatic carbocycles. The van der Waals surface area contributed by atoms with E-state index in [2.05, 4.69) is 23.9 Å². The molecule has 1 heterocycles. The highest BCUT2D eigenvalue weighted by Crippen LogP contribution is 2.13. The first-order valence-corrected chi connectivity index (χ1v) is 6.65. The van der Waals surface area contributed by atoms with Crippen molar-refractivity contribution in [2.75, 3.05) is 0 Å². The smallest absolute Gasteiger partial charge is 0.176 e. The average molecular weight is 250 g/mol. The Balaban J connectivity index is 0.00000137. The first-order valence-electron chi connectivity index (χ1n) is 6.65. The molecule has 0 saturated heterocycles. The van der Waals surface area contributed by atoms with Crippen molar-refractivity contribution in [3.8, 4) is 0 Å². The van der Waals surface area contributed by atoms with Crippen LogP contribution in [0, 0.1) is 11.3 Å². The number of aromatic nitrogens is 3. The summed E-state index contributed by atoms with van der Waals surface area (Å²) in [4.78, 5) is 4.43. The van der Waals surface area contributed by atoms with Crippen LogP contribution < -0.4 is 0 Å². The highest BCUT2D eigenvalue weighted by Gasteiger charge is 2.16. The molecule has 4 heteroatoms. The van der Waals surface area contributed by atoms with Gasteiger partial charge in [-0.1, -0.05) is 47.6 Å². The third-order valence-electron chi connectivity index (χ3n) is 2.27. The van der Waals surface area contributed by atoms with E-state index >= 15 is 0 Å². The van der Waals surface area contributed by atoms with Crippen LogP contribution in [0.25, 0.3) is 6.20 Å². The Hall–Kier alpha value is -1.45. The Labute approximate surface area is 111 Å². The second kappa shape index (κ2) is 7.80. The molecular weight excluding hydrogens is 224 g/mol. The molecule has 0 radical (unpaired) electrons. The lowest BCUT2D eigenvalue weighted by Gasteiger charge is -2.05. The Bertz CT molecular complexity index is 400. The topological polar surface area (TPSA) is 54.6 Å². The minimum absolute atomic E-state index is 0.160. The lowest BCUT2D eigenvalue weighted by molar-refractivity contribution is 0.763. The van der Waals surface area contributed by atoms with Crippen LogP contribution in [-0.4, -0.2) is 20.5 Å². The second-order valence-electron chi connectivity index (χ2n) is 4.44. The van der Waals surface area contributed by atoms with Crippen LogP contribution in [0.4, 0.5) is 0 Å². The van der Waals surface area contributed by atoms with Gasteiger partial charge in [0.15, 0.2) is 11.6 Å². The fourth-order valence-corrected chi connectivity index (χ4v) is 1.27. The quantitative estimate of drug-likeness (QED) is 0.823. The number of nitrogens with zero attached hydrogens (tertiary/aromatic N) is 3. The summed E-state index contributed by atoms with van der Waals surface area (Å²) in [6.07, 6.45) is 3.74. The van der Waals surface area contributed by atoms with Crippen LogP contribution in [0.15, 0.2) is 6.08 Å². The number of hydrogen-bond donors (Lipinski definition) is 1. The second-order valence-corrected chi connectivity index (χ2v) is 4.44. The van der Waals surface area contributed by atoms with Crippen molar-refractivity contribution in [1.29, 1.82) is 5.41 Å². The fourth-order valence-electron chi connectivity index (χ4n) is 1.27. The zero-order chi connectivity index (χ0) is 14.3. The Morgan fingerprint density at radius 2 is 1.78 bits per heavy atom. The zero-order valence-electron chi connectivity index (χ0n) is 12.7. The monoisotopic (exact) mass is 250 g/mol. The first-order chi connectivity index (χ1) is 8.47. The van der Waals surface area contributed by atoms with E-state index in [1.54, 1.807) is 4.68 Å². The molecule has 0 aliphatic heterocycles. The van der Waals surface area contributed by atoms with E-state index in [1.807, 2.05) is 46.9 Å². The maximum Gasteiger partial charge on any atom is 0.176 e. The van der Waals surface area contributed by atoms with Crippen molar-refractivity contribution < 1.29 is 0 Å². The van der Waals surface area contributed by atoms with Crippen molar-refractivity contribution in [3.05, 3.63) is 17.7 Å². The predicted octanol–water partition coefficient (Wildman–Crippen LogP) is 3.94. The van der Waals surface area contributed by atoms with E-state index in [-0.39, 0.29) is 11.8 Å². The van der Waals surface area contributed by atoms with Gasteiger partial charge in [-0.2, -0.15) is 5.10 Å². The molecule has 0 fully saturated rings. The van der Waals surface area contributed by atoms with E-state index in [4.69, 9.17) is 5.41 Å². The molecule has 1 aromatic heterocycles. The van der Waals surface area contributed by atoms with Gasteiger partial charge in [0.1, 0.15) is 0 Å². The molecule has 18 heavy (non-hydrogen) atoms. The summed E-state index contributed by atoms with van der Waals surface area (Å²) in [5, 5.41) is 12.4. The van der Waals surface area contributed by atoms with Crippen LogP contribution in [0.3, 0.4) is 0 Å². The van der Waals surface area contributed by atoms with Crippen molar-refractivity contribution >= 4 is 11.9 Å². The minimum Gasteiger partial charge on any atom is -0.301 e. The van der Waals surface area contributed by atoms with E-state index in [0.29, 0.717) is 11.5 Å². The van der Waals surface area contributed by atoms with E-state index in [0.717, 1.165) is 5.82 Å². The predicted molar refractivity (Wildman–Crippen MR) is 78.1 cm³/mol. The molecule has 4 nitrogen and oxygen atoms in total. The summed E-state index contributed by atoms with van der Waals surface area (Å²) in [7, 11) is 0. The van der Waals surface area contributed by atoms with Crippen LogP contribution in [0.1, 0.15) is 66.0 Å². The molecule has 0 unspecified atom stereocenters. The molecule has 0 aromatic carbocycles. The van der Waals surface area contributed by atoms with Crippen molar-refractivity contribution in [2.24, 2.45) is 5.92 Å². The zero-order valence-corrected chi connectivity index (χ0v) is 12.7. The van der Waals surface area contributed by atoms with Gasteiger partial charge in [-0.05, 0) is 12.8 Å². The molecular formula is C14H26N4. The van der Waals surface area contributed by atoms with Crippen LogP contribution in [0.2, 0.25) is 0 Å². The summed E-state index contributed by atoms with van der Waals surface area (Å²) in [5.74, 6) is 1.88. The van der Waals surface area contributed by atoms with E-state index in [9.17, 15) is 0 Å². The standard InChI is InChI=1S/C12H20N4.C2H6/c1-6-7-16-12(10(13)8(2)3)14-11(15-16)9(4)5;1-2/h6-9,13H,1-5H3;1-2H3/b7-6-,13-10?;. The molecule has 0 atom stereocenters. The van der Waals surface area contributed by atoms with Crippen molar-refractivity contribution in [1.82, 2.24) is 14.8 Å². The number of hydrogen-bond acceptors (Lipinski definition) is 3. The van der Waals surface area contributed by atoms with Gasteiger partial charge in [0.2, 0.25) is 0 Å². The van der Waals surface area contributed by atoms with Gasteiger partial charge in [-0.25, -0.2) is 9.67 Å². The fraction of sp³-hybridized carbons (Fsp3) is 0.643. The van der Waals surface area contributed by atoms with Gasteiger partial charge in [0, 0.05) is 12.1 Å². The van der Waals surface area contributed by atoms with Crippen LogP contribution in [0.5, 0.6) is 0 Å². The summed E-state index contributed by atoms with van der Waals surface area (Å²) in [6.45, 7) is 14.0. The third kappa shape index (κ3) is 4.09. The number of allylic oxidation sites excluding steroid dienone is 1. The van der Waals surface area contributed by atoms with E-state index < -0.39 is 0 Å². The van der Waals surface area contributed by atoms with Gasteiger partial charge in [-0.3, -0.25) is 0 Å². The molecule has 1 rings (SSSR count). The van der Waals surface area contributed by atoms with Crippen LogP contribution >= 0.6 is 0 Å². The summed E-state index contributed by atoms with van der Waals surface area (Å²) < 4.78 is 1.69. The summed E-state index contributed by atoms with van der Waals surface area (Å²) in [5.41, 5.74) is 0.525. The largest absolute Gasteiger partial charge is 0.301 e. The van der Waals surface area contributed by atoms with Gasteiger partial charge in [0.05, 0.1) is 5.71 Å².